The van der Waals surface area contributed by atoms with Gasteiger partial charge in [-0.3, -0.25) is 24.0 Å². The number of hydrogen-bond donors (Lipinski definition) is 1. The second-order valence-corrected chi connectivity index (χ2v) is 8.59. The molecule has 2 aliphatic heterocycles. The van der Waals surface area contributed by atoms with Crippen LogP contribution in [0.3, 0.4) is 0 Å². The summed E-state index contributed by atoms with van der Waals surface area (Å²) in [5.74, 6) is -2.82. The first-order chi connectivity index (χ1) is 13.6. The number of aliphatic carboxylic acids is 1. The van der Waals surface area contributed by atoms with Crippen molar-refractivity contribution in [2.24, 2.45) is 0 Å². The Morgan fingerprint density at radius 1 is 1.47 bits per heavy atom. The first-order valence-electron chi connectivity index (χ1n) is 8.64. The molecular weight excluding hydrogens is 491 g/mol. The van der Waals surface area contributed by atoms with Crippen LogP contribution in [-0.2, 0) is 23.9 Å². The largest absolute Gasteiger partial charge is 1.00 e. The Hall–Kier alpha value is -1.34. The molecule has 0 bridgehead atoms. The van der Waals surface area contributed by atoms with Gasteiger partial charge in [-0.15, -0.1) is 11.8 Å². The number of nitrogens with zero attached hydrogens (tertiary/aromatic N) is 3. The standard InChI is InChI=1S/C17H19BrN4O6S.Na/c1-7-11(18)4-21(20-7)8(2)14(24)19-12-15(25)22-13(17(26)27)10(5-28-9(3)23)6-29-16(12)22;/h4,8,12,16H,5-6H2,1-3H3,(H,19,24)(H,26,27);/q;+1/p-1. The maximum atomic E-state index is 12.6. The second kappa shape index (κ2) is 9.86. The fraction of sp³-hybridized carbons (Fsp3) is 0.471. The number of carbonyl (C=O) groups excluding carboxylic acids is 4. The van der Waals surface area contributed by atoms with Gasteiger partial charge in [-0.25, -0.2) is 0 Å². The van der Waals surface area contributed by atoms with E-state index in [2.05, 4.69) is 26.3 Å². The summed E-state index contributed by atoms with van der Waals surface area (Å²) in [5.41, 5.74) is 0.706. The molecule has 1 aromatic rings. The third kappa shape index (κ3) is 4.77. The van der Waals surface area contributed by atoms with E-state index in [0.717, 1.165) is 15.1 Å². The van der Waals surface area contributed by atoms with E-state index in [1.807, 2.05) is 0 Å². The van der Waals surface area contributed by atoms with Crippen LogP contribution >= 0.6 is 27.7 Å². The first kappa shape index (κ1) is 24.9. The summed E-state index contributed by atoms with van der Waals surface area (Å²) in [6, 6.07) is -1.52. The number of amides is 2. The SMILES string of the molecule is CC(=O)OCC1=C(C(=O)[O-])N2C(=O)C(NC(=O)C(C)n3cc(Br)c(C)n3)C2SC1.[Na+]. The minimum absolute atomic E-state index is 0. The zero-order valence-corrected chi connectivity index (χ0v) is 21.2. The number of β-lactam (4-membered cyclic amide) rings is 1. The van der Waals surface area contributed by atoms with Crippen LogP contribution in [0.25, 0.3) is 0 Å². The van der Waals surface area contributed by atoms with E-state index in [-0.39, 0.29) is 53.2 Å². The number of thioether (sulfide) groups is 1. The Balaban J connectivity index is 0.00000320. The van der Waals surface area contributed by atoms with Crippen molar-refractivity contribution in [3.05, 3.63) is 27.6 Å². The van der Waals surface area contributed by atoms with Crippen LogP contribution < -0.4 is 40.0 Å². The molecule has 0 spiro atoms. The topological polar surface area (TPSA) is 134 Å². The predicted octanol–water partition coefficient (Wildman–Crippen LogP) is -3.51. The van der Waals surface area contributed by atoms with Crippen molar-refractivity contribution in [1.82, 2.24) is 20.0 Å². The molecule has 3 heterocycles. The number of fused-ring (bicyclic) bond motifs is 1. The van der Waals surface area contributed by atoms with E-state index in [4.69, 9.17) is 4.74 Å². The Bertz CT molecular complexity index is 916. The molecule has 0 saturated carbocycles. The quantitative estimate of drug-likeness (QED) is 0.237. The number of aryl methyl sites for hydroxylation is 1. The smallest absolute Gasteiger partial charge is 0.543 e. The second-order valence-electron chi connectivity index (χ2n) is 6.63. The number of aromatic nitrogens is 2. The maximum absolute atomic E-state index is 12.6. The van der Waals surface area contributed by atoms with Crippen molar-refractivity contribution < 1.29 is 58.6 Å². The number of hydrogen-bond acceptors (Lipinski definition) is 8. The molecule has 3 atom stereocenters. The van der Waals surface area contributed by atoms with Gasteiger partial charge < -0.3 is 20.0 Å². The Labute approximate surface area is 207 Å². The van der Waals surface area contributed by atoms with Crippen LogP contribution in [0, 0.1) is 6.92 Å². The average Bonchev–Trinajstić information content (AvgIpc) is 3.00. The monoisotopic (exact) mass is 508 g/mol. The van der Waals surface area contributed by atoms with Gasteiger partial charge in [-0.05, 0) is 29.8 Å². The third-order valence-electron chi connectivity index (χ3n) is 4.62. The van der Waals surface area contributed by atoms with E-state index < -0.39 is 41.2 Å². The van der Waals surface area contributed by atoms with E-state index >= 15 is 0 Å². The third-order valence-corrected chi connectivity index (χ3v) is 6.74. The molecule has 1 saturated heterocycles. The minimum Gasteiger partial charge on any atom is -0.543 e. The van der Waals surface area contributed by atoms with Crippen molar-refractivity contribution in [2.75, 3.05) is 12.4 Å². The summed E-state index contributed by atoms with van der Waals surface area (Å²) in [4.78, 5) is 48.8. The molecule has 2 amide bonds. The van der Waals surface area contributed by atoms with Gasteiger partial charge in [0.2, 0.25) is 5.91 Å². The molecule has 3 rings (SSSR count). The molecule has 10 nitrogen and oxygen atoms in total. The van der Waals surface area contributed by atoms with E-state index in [1.165, 1.54) is 23.4 Å². The first-order valence-corrected chi connectivity index (χ1v) is 10.5. The normalized spacial score (nSPS) is 21.2. The maximum Gasteiger partial charge on any atom is 1.00 e. The number of halogens is 1. The van der Waals surface area contributed by atoms with Gasteiger partial charge in [0.05, 0.1) is 21.8 Å². The zero-order chi connectivity index (χ0) is 21.5. The minimum atomic E-state index is -1.53. The number of nitrogens with one attached hydrogen (secondary N) is 1. The van der Waals surface area contributed by atoms with E-state index in [9.17, 15) is 24.3 Å². The van der Waals surface area contributed by atoms with E-state index in [1.54, 1.807) is 20.0 Å². The fourth-order valence-corrected chi connectivity index (χ4v) is 4.64. The molecular formula is C17H18BrN4NaO6S. The van der Waals surface area contributed by atoms with Gasteiger partial charge in [0, 0.05) is 24.4 Å². The van der Waals surface area contributed by atoms with Crippen molar-refractivity contribution in [3.8, 4) is 0 Å². The number of rotatable bonds is 6. The van der Waals surface area contributed by atoms with Gasteiger partial charge in [0.15, 0.2) is 0 Å². The van der Waals surface area contributed by atoms with Crippen LogP contribution in [0.15, 0.2) is 21.9 Å². The Morgan fingerprint density at radius 3 is 2.67 bits per heavy atom. The number of ether oxygens (including phenoxy) is 1. The molecule has 1 fully saturated rings. The van der Waals surface area contributed by atoms with Crippen LogP contribution in [0.4, 0.5) is 0 Å². The Kier molecular flexibility index (Phi) is 8.19. The molecule has 0 aromatic carbocycles. The molecule has 2 aliphatic rings. The van der Waals surface area contributed by atoms with Crippen LogP contribution in [-0.4, -0.2) is 62.2 Å². The molecule has 0 aliphatic carbocycles. The van der Waals surface area contributed by atoms with Crippen LogP contribution in [0.5, 0.6) is 0 Å². The van der Waals surface area contributed by atoms with Crippen molar-refractivity contribution in [3.63, 3.8) is 0 Å². The summed E-state index contributed by atoms with van der Waals surface area (Å²) >= 11 is 4.62. The molecule has 3 unspecified atom stereocenters. The number of carbonyl (C=O) groups is 4. The molecule has 0 radical (unpaired) electrons. The van der Waals surface area contributed by atoms with Gasteiger partial charge in [0.1, 0.15) is 24.1 Å². The molecule has 1 aromatic heterocycles. The average molecular weight is 509 g/mol. The van der Waals surface area contributed by atoms with E-state index in [0.29, 0.717) is 0 Å². The summed E-state index contributed by atoms with van der Waals surface area (Å²) < 4.78 is 7.10. The zero-order valence-electron chi connectivity index (χ0n) is 16.8. The van der Waals surface area contributed by atoms with Crippen molar-refractivity contribution in [2.45, 2.75) is 38.2 Å². The fourth-order valence-electron chi connectivity index (χ4n) is 3.02. The summed E-state index contributed by atoms with van der Waals surface area (Å²) in [6.45, 7) is 4.41. The van der Waals surface area contributed by atoms with Gasteiger partial charge in [-0.1, -0.05) is 0 Å². The predicted molar refractivity (Wildman–Crippen MR) is 103 cm³/mol. The number of carboxylic acid groups (broad SMARTS) is 1. The van der Waals surface area contributed by atoms with Crippen molar-refractivity contribution in [1.29, 1.82) is 0 Å². The molecule has 13 heteroatoms. The Morgan fingerprint density at radius 2 is 2.13 bits per heavy atom. The molecule has 1 N–H and O–H groups in total. The van der Waals surface area contributed by atoms with Gasteiger partial charge >= 0.3 is 35.5 Å². The van der Waals surface area contributed by atoms with Crippen LogP contribution in [0.1, 0.15) is 25.6 Å². The number of esters is 1. The molecule has 156 valence electrons. The van der Waals surface area contributed by atoms with Gasteiger partial charge in [0.25, 0.3) is 5.91 Å². The molecule has 30 heavy (non-hydrogen) atoms. The van der Waals surface area contributed by atoms with Crippen LogP contribution in [0.2, 0.25) is 0 Å². The van der Waals surface area contributed by atoms with Gasteiger partial charge in [-0.2, -0.15) is 5.10 Å². The summed E-state index contributed by atoms with van der Waals surface area (Å²) in [5, 5.41) is 17.9. The van der Waals surface area contributed by atoms with Crippen molar-refractivity contribution >= 4 is 51.4 Å². The summed E-state index contributed by atoms with van der Waals surface area (Å²) in [7, 11) is 0. The summed E-state index contributed by atoms with van der Waals surface area (Å²) in [6.07, 6.45) is 1.67. The number of carboxylic acids is 1.